The van der Waals surface area contributed by atoms with Crippen molar-refractivity contribution in [2.75, 3.05) is 6.54 Å². The van der Waals surface area contributed by atoms with Crippen molar-refractivity contribution in [3.05, 3.63) is 0 Å². The minimum Gasteiger partial charge on any atom is -0.326 e. The van der Waals surface area contributed by atoms with Crippen LogP contribution in [0.5, 0.6) is 0 Å². The van der Waals surface area contributed by atoms with Crippen LogP contribution in [0.3, 0.4) is 0 Å². The SMILES string of the molecule is CC(C)C(N)CNC12CC3CC(CC(C3)C1)C2. The van der Waals surface area contributed by atoms with E-state index in [9.17, 15) is 0 Å². The van der Waals surface area contributed by atoms with E-state index in [1.807, 2.05) is 0 Å². The molecule has 1 atom stereocenters. The topological polar surface area (TPSA) is 38.0 Å². The van der Waals surface area contributed by atoms with Gasteiger partial charge in [0.15, 0.2) is 0 Å². The first kappa shape index (κ1) is 12.0. The molecule has 4 saturated carbocycles. The van der Waals surface area contributed by atoms with E-state index in [0.29, 0.717) is 17.5 Å². The third-order valence-electron chi connectivity index (χ3n) is 5.61. The van der Waals surface area contributed by atoms with E-state index in [2.05, 4.69) is 19.2 Å². The molecule has 3 N–H and O–H groups in total. The van der Waals surface area contributed by atoms with Crippen LogP contribution in [0.1, 0.15) is 52.4 Å². The molecule has 0 spiro atoms. The van der Waals surface area contributed by atoms with E-state index in [-0.39, 0.29) is 0 Å². The second-order valence-electron chi connectivity index (χ2n) is 7.49. The molecule has 0 heterocycles. The average molecular weight is 236 g/mol. The Hall–Kier alpha value is -0.0800. The summed E-state index contributed by atoms with van der Waals surface area (Å²) in [7, 11) is 0. The number of nitrogens with two attached hydrogens (primary N) is 1. The van der Waals surface area contributed by atoms with Crippen LogP contribution >= 0.6 is 0 Å². The van der Waals surface area contributed by atoms with Crippen LogP contribution in [-0.2, 0) is 0 Å². The van der Waals surface area contributed by atoms with Crippen LogP contribution in [0, 0.1) is 23.7 Å². The predicted octanol–water partition coefficient (Wildman–Crippen LogP) is 2.53. The normalized spacial score (nSPS) is 45.5. The van der Waals surface area contributed by atoms with Gasteiger partial charge in [-0.05, 0) is 62.2 Å². The monoisotopic (exact) mass is 236 g/mol. The Bertz CT molecular complexity index is 249. The van der Waals surface area contributed by atoms with Crippen LogP contribution in [-0.4, -0.2) is 18.1 Å². The van der Waals surface area contributed by atoms with Crippen LogP contribution < -0.4 is 11.1 Å². The lowest BCUT2D eigenvalue weighted by Gasteiger charge is -2.57. The van der Waals surface area contributed by atoms with Crippen molar-refractivity contribution < 1.29 is 0 Å². The molecule has 0 aromatic carbocycles. The minimum absolute atomic E-state index is 0.322. The molecule has 4 aliphatic carbocycles. The van der Waals surface area contributed by atoms with E-state index >= 15 is 0 Å². The lowest BCUT2D eigenvalue weighted by Crippen LogP contribution is -2.60. The van der Waals surface area contributed by atoms with Gasteiger partial charge in [-0.1, -0.05) is 13.8 Å². The first-order valence-electron chi connectivity index (χ1n) is 7.57. The maximum Gasteiger partial charge on any atom is 0.0190 e. The molecule has 4 bridgehead atoms. The Kier molecular flexibility index (Phi) is 2.99. The van der Waals surface area contributed by atoms with Gasteiger partial charge in [-0.3, -0.25) is 0 Å². The Labute approximate surface area is 106 Å². The van der Waals surface area contributed by atoms with E-state index in [0.717, 1.165) is 24.3 Å². The van der Waals surface area contributed by atoms with Crippen molar-refractivity contribution in [2.45, 2.75) is 64.0 Å². The summed E-state index contributed by atoms with van der Waals surface area (Å²) >= 11 is 0. The van der Waals surface area contributed by atoms with Gasteiger partial charge >= 0.3 is 0 Å². The highest BCUT2D eigenvalue weighted by atomic mass is 15.0. The molecule has 0 radical (unpaired) electrons. The maximum absolute atomic E-state index is 6.18. The highest BCUT2D eigenvalue weighted by Gasteiger charge is 2.50. The van der Waals surface area contributed by atoms with Crippen molar-refractivity contribution in [3.8, 4) is 0 Å². The molecule has 4 fully saturated rings. The Morgan fingerprint density at radius 2 is 1.53 bits per heavy atom. The van der Waals surface area contributed by atoms with Crippen LogP contribution in [0.4, 0.5) is 0 Å². The molecule has 0 aliphatic heterocycles. The number of rotatable bonds is 4. The largest absolute Gasteiger partial charge is 0.326 e. The van der Waals surface area contributed by atoms with Gasteiger partial charge in [-0.2, -0.15) is 0 Å². The predicted molar refractivity (Wildman–Crippen MR) is 71.7 cm³/mol. The van der Waals surface area contributed by atoms with Gasteiger partial charge < -0.3 is 11.1 Å². The standard InChI is InChI=1S/C15H28N2/c1-10(2)14(16)9-17-15-6-11-3-12(7-15)5-13(4-11)8-15/h10-14,17H,3-9,16H2,1-2H3. The van der Waals surface area contributed by atoms with Gasteiger partial charge in [0, 0.05) is 18.1 Å². The van der Waals surface area contributed by atoms with Crippen molar-refractivity contribution in [1.29, 1.82) is 0 Å². The van der Waals surface area contributed by atoms with Gasteiger partial charge in [0.1, 0.15) is 0 Å². The zero-order valence-corrected chi connectivity index (χ0v) is 11.4. The fourth-order valence-corrected chi connectivity index (χ4v) is 4.90. The number of hydrogen-bond acceptors (Lipinski definition) is 2. The third kappa shape index (κ3) is 2.26. The molecule has 17 heavy (non-hydrogen) atoms. The van der Waals surface area contributed by atoms with Gasteiger partial charge in [0.25, 0.3) is 0 Å². The quantitative estimate of drug-likeness (QED) is 0.787. The lowest BCUT2D eigenvalue weighted by molar-refractivity contribution is -0.0205. The highest BCUT2D eigenvalue weighted by molar-refractivity contribution is 5.06. The molecule has 0 aromatic rings. The summed E-state index contributed by atoms with van der Waals surface area (Å²) in [6.07, 6.45) is 8.88. The summed E-state index contributed by atoms with van der Waals surface area (Å²) in [5.41, 5.74) is 6.67. The van der Waals surface area contributed by atoms with Gasteiger partial charge in [0.05, 0.1) is 0 Å². The van der Waals surface area contributed by atoms with Crippen LogP contribution in [0.2, 0.25) is 0 Å². The van der Waals surface area contributed by atoms with Gasteiger partial charge in [-0.15, -0.1) is 0 Å². The van der Waals surface area contributed by atoms with Crippen molar-refractivity contribution in [1.82, 2.24) is 5.32 Å². The summed E-state index contributed by atoms with van der Waals surface area (Å²) in [6, 6.07) is 0.322. The van der Waals surface area contributed by atoms with E-state index in [1.54, 1.807) is 0 Å². The van der Waals surface area contributed by atoms with Crippen molar-refractivity contribution in [2.24, 2.45) is 29.4 Å². The Morgan fingerprint density at radius 1 is 1.06 bits per heavy atom. The maximum atomic E-state index is 6.18. The molecule has 1 unspecified atom stereocenters. The van der Waals surface area contributed by atoms with Crippen molar-refractivity contribution >= 4 is 0 Å². The first-order chi connectivity index (χ1) is 8.06. The second-order valence-corrected chi connectivity index (χ2v) is 7.49. The summed E-state index contributed by atoms with van der Waals surface area (Å²) in [4.78, 5) is 0. The van der Waals surface area contributed by atoms with E-state index < -0.39 is 0 Å². The van der Waals surface area contributed by atoms with Crippen LogP contribution in [0.25, 0.3) is 0 Å². The summed E-state index contributed by atoms with van der Waals surface area (Å²) in [5.74, 6) is 3.69. The van der Waals surface area contributed by atoms with E-state index in [4.69, 9.17) is 5.73 Å². The fourth-order valence-electron chi connectivity index (χ4n) is 4.90. The molecule has 0 amide bonds. The first-order valence-corrected chi connectivity index (χ1v) is 7.57. The molecule has 2 nitrogen and oxygen atoms in total. The molecular formula is C15H28N2. The van der Waals surface area contributed by atoms with Gasteiger partial charge in [-0.25, -0.2) is 0 Å². The molecule has 0 saturated heterocycles. The van der Waals surface area contributed by atoms with Gasteiger partial charge in [0.2, 0.25) is 0 Å². The van der Waals surface area contributed by atoms with E-state index in [1.165, 1.54) is 38.5 Å². The average Bonchev–Trinajstić information content (AvgIpc) is 2.24. The minimum atomic E-state index is 0.322. The summed E-state index contributed by atoms with van der Waals surface area (Å²) < 4.78 is 0. The van der Waals surface area contributed by atoms with Crippen molar-refractivity contribution in [3.63, 3.8) is 0 Å². The molecular weight excluding hydrogens is 208 g/mol. The summed E-state index contributed by atoms with van der Waals surface area (Å²) in [6.45, 7) is 5.47. The molecule has 98 valence electrons. The Balaban J connectivity index is 1.62. The molecule has 0 aromatic heterocycles. The highest BCUT2D eigenvalue weighted by Crippen LogP contribution is 2.55. The summed E-state index contributed by atoms with van der Waals surface area (Å²) in [5, 5.41) is 3.88. The fraction of sp³-hybridized carbons (Fsp3) is 1.00. The smallest absolute Gasteiger partial charge is 0.0190 e. The number of nitrogens with one attached hydrogen (secondary N) is 1. The lowest BCUT2D eigenvalue weighted by atomic mass is 9.53. The molecule has 2 heteroatoms. The third-order valence-corrected chi connectivity index (χ3v) is 5.61. The van der Waals surface area contributed by atoms with Crippen LogP contribution in [0.15, 0.2) is 0 Å². The Morgan fingerprint density at radius 3 is 1.94 bits per heavy atom. The zero-order valence-electron chi connectivity index (χ0n) is 11.4. The molecule has 4 aliphatic rings. The molecule has 4 rings (SSSR count). The number of hydrogen-bond donors (Lipinski definition) is 2. The second kappa shape index (κ2) is 4.24. The zero-order chi connectivity index (χ0) is 12.0.